The van der Waals surface area contributed by atoms with Gasteiger partial charge in [-0.2, -0.15) is 0 Å². The van der Waals surface area contributed by atoms with Crippen LogP contribution in [-0.2, 0) is 4.79 Å². The molecule has 1 saturated heterocycles. The molecule has 98 valence electrons. The van der Waals surface area contributed by atoms with E-state index in [1.807, 2.05) is 23.1 Å². The minimum Gasteiger partial charge on any atom is -0.392 e. The first-order chi connectivity index (χ1) is 8.66. The Morgan fingerprint density at radius 1 is 1.44 bits per heavy atom. The molecule has 1 aliphatic heterocycles. The predicted octanol–water partition coefficient (Wildman–Crippen LogP) is 0.699. The summed E-state index contributed by atoms with van der Waals surface area (Å²) < 4.78 is 0. The van der Waals surface area contributed by atoms with E-state index in [1.165, 1.54) is 4.90 Å². The Labute approximate surface area is 111 Å². The summed E-state index contributed by atoms with van der Waals surface area (Å²) in [7, 11) is 0. The standard InChI is InChI=1S/C13H18N2O2S/c14-13(17)12-8-10(16)9-15(12)6-7-18-11-4-2-1-3-5-11/h1-5,10,12,16H,6-9H2,(H2,14,17)/t10-,12+/m1/s1. The molecule has 4 nitrogen and oxygen atoms in total. The summed E-state index contributed by atoms with van der Waals surface area (Å²) in [5.74, 6) is 0.553. The Morgan fingerprint density at radius 3 is 2.83 bits per heavy atom. The van der Waals surface area contributed by atoms with Crippen LogP contribution in [0.4, 0.5) is 0 Å². The summed E-state index contributed by atoms with van der Waals surface area (Å²) in [6.45, 7) is 1.31. The highest BCUT2D eigenvalue weighted by Crippen LogP contribution is 2.21. The number of aliphatic hydroxyl groups excluding tert-OH is 1. The maximum absolute atomic E-state index is 11.3. The van der Waals surface area contributed by atoms with Gasteiger partial charge in [-0.15, -0.1) is 11.8 Å². The van der Waals surface area contributed by atoms with Crippen LogP contribution in [0.25, 0.3) is 0 Å². The lowest BCUT2D eigenvalue weighted by molar-refractivity contribution is -0.122. The molecule has 2 atom stereocenters. The SMILES string of the molecule is NC(=O)[C@@H]1C[C@@H](O)CN1CCSc1ccccc1. The van der Waals surface area contributed by atoms with Crippen molar-refractivity contribution in [1.29, 1.82) is 0 Å². The molecule has 1 aliphatic rings. The largest absolute Gasteiger partial charge is 0.392 e. The minimum absolute atomic E-state index is 0.309. The molecule has 18 heavy (non-hydrogen) atoms. The van der Waals surface area contributed by atoms with E-state index < -0.39 is 6.10 Å². The summed E-state index contributed by atoms with van der Waals surface area (Å²) in [5.41, 5.74) is 5.33. The summed E-state index contributed by atoms with van der Waals surface area (Å²) in [6, 6.07) is 9.83. The van der Waals surface area contributed by atoms with Gasteiger partial charge in [0.2, 0.25) is 5.91 Å². The predicted molar refractivity (Wildman–Crippen MR) is 72.3 cm³/mol. The normalized spacial score (nSPS) is 24.3. The number of primary amides is 1. The smallest absolute Gasteiger partial charge is 0.234 e. The van der Waals surface area contributed by atoms with Crippen LogP contribution >= 0.6 is 11.8 Å². The van der Waals surface area contributed by atoms with Crippen LogP contribution in [0, 0.1) is 0 Å². The van der Waals surface area contributed by atoms with Gasteiger partial charge in [0.05, 0.1) is 12.1 Å². The lowest BCUT2D eigenvalue weighted by Crippen LogP contribution is -2.41. The molecule has 0 aromatic heterocycles. The summed E-state index contributed by atoms with van der Waals surface area (Å²) >= 11 is 1.75. The Hall–Kier alpha value is -1.04. The summed E-state index contributed by atoms with van der Waals surface area (Å²) in [5, 5.41) is 9.58. The Kier molecular flexibility index (Phi) is 4.63. The number of nitrogens with two attached hydrogens (primary N) is 1. The van der Waals surface area contributed by atoms with Crippen LogP contribution < -0.4 is 5.73 Å². The Bertz CT molecular complexity index is 399. The number of hydrogen-bond acceptors (Lipinski definition) is 4. The molecule has 0 aliphatic carbocycles. The molecule has 0 unspecified atom stereocenters. The molecule has 3 N–H and O–H groups in total. The molecule has 1 heterocycles. The molecule has 0 spiro atoms. The van der Waals surface area contributed by atoms with E-state index in [2.05, 4.69) is 12.1 Å². The van der Waals surface area contributed by atoms with Crippen LogP contribution in [0.1, 0.15) is 6.42 Å². The molecule has 0 saturated carbocycles. The topological polar surface area (TPSA) is 66.6 Å². The Morgan fingerprint density at radius 2 is 2.17 bits per heavy atom. The van der Waals surface area contributed by atoms with Crippen LogP contribution in [0.3, 0.4) is 0 Å². The van der Waals surface area contributed by atoms with Crippen LogP contribution in [0.15, 0.2) is 35.2 Å². The molecule has 2 rings (SSSR count). The van der Waals surface area contributed by atoms with Gasteiger partial charge in [0.15, 0.2) is 0 Å². The van der Waals surface area contributed by atoms with Crippen molar-refractivity contribution >= 4 is 17.7 Å². The number of likely N-dealkylation sites (tertiary alicyclic amines) is 1. The second kappa shape index (κ2) is 6.22. The molecular weight excluding hydrogens is 248 g/mol. The summed E-state index contributed by atoms with van der Waals surface area (Å²) in [6.07, 6.45) is 0.0370. The third kappa shape index (κ3) is 3.48. The fourth-order valence-corrected chi connectivity index (χ4v) is 3.13. The van der Waals surface area contributed by atoms with Crippen LogP contribution in [0.5, 0.6) is 0 Å². The van der Waals surface area contributed by atoms with Crippen molar-refractivity contribution in [3.05, 3.63) is 30.3 Å². The molecule has 1 fully saturated rings. The maximum Gasteiger partial charge on any atom is 0.234 e. The first-order valence-corrected chi connectivity index (χ1v) is 7.04. The Balaban J connectivity index is 1.81. The number of benzene rings is 1. The molecule has 0 bridgehead atoms. The first-order valence-electron chi connectivity index (χ1n) is 6.06. The maximum atomic E-state index is 11.3. The number of thioether (sulfide) groups is 1. The van der Waals surface area contributed by atoms with Gasteiger partial charge in [-0.3, -0.25) is 9.69 Å². The highest BCUT2D eigenvalue weighted by Gasteiger charge is 2.34. The average molecular weight is 266 g/mol. The third-order valence-corrected chi connectivity index (χ3v) is 4.09. The lowest BCUT2D eigenvalue weighted by Gasteiger charge is -2.20. The van der Waals surface area contributed by atoms with Gasteiger partial charge in [-0.1, -0.05) is 18.2 Å². The molecular formula is C13H18N2O2S. The number of rotatable bonds is 5. The van der Waals surface area contributed by atoms with Gasteiger partial charge in [-0.25, -0.2) is 0 Å². The zero-order chi connectivity index (χ0) is 13.0. The number of hydrogen-bond donors (Lipinski definition) is 2. The minimum atomic E-state index is -0.427. The van der Waals surface area contributed by atoms with E-state index >= 15 is 0 Å². The average Bonchev–Trinajstić information content (AvgIpc) is 2.72. The first kappa shape index (κ1) is 13.4. The van der Waals surface area contributed by atoms with Crippen molar-refractivity contribution in [2.45, 2.75) is 23.5 Å². The van der Waals surface area contributed by atoms with Gasteiger partial charge in [0.1, 0.15) is 0 Å². The molecule has 0 radical (unpaired) electrons. The lowest BCUT2D eigenvalue weighted by atomic mass is 10.2. The third-order valence-electron chi connectivity index (χ3n) is 3.10. The fraction of sp³-hybridized carbons (Fsp3) is 0.462. The molecule has 1 amide bonds. The highest BCUT2D eigenvalue weighted by atomic mass is 32.2. The zero-order valence-corrected chi connectivity index (χ0v) is 11.0. The van der Waals surface area contributed by atoms with Gasteiger partial charge < -0.3 is 10.8 Å². The molecule has 5 heteroatoms. The summed E-state index contributed by atoms with van der Waals surface area (Å²) in [4.78, 5) is 14.4. The molecule has 1 aromatic rings. The zero-order valence-electron chi connectivity index (χ0n) is 10.2. The van der Waals surface area contributed by atoms with Crippen molar-refractivity contribution in [3.8, 4) is 0 Å². The number of carbonyl (C=O) groups is 1. The van der Waals surface area contributed by atoms with Crippen molar-refractivity contribution in [2.75, 3.05) is 18.8 Å². The van der Waals surface area contributed by atoms with E-state index in [0.717, 1.165) is 12.3 Å². The second-order valence-electron chi connectivity index (χ2n) is 4.46. The van der Waals surface area contributed by atoms with E-state index in [1.54, 1.807) is 11.8 Å². The number of β-amino-alcohol motifs (C(OH)–C–C–N with tert-alkyl or cyclic N) is 1. The van der Waals surface area contributed by atoms with Gasteiger partial charge in [0.25, 0.3) is 0 Å². The van der Waals surface area contributed by atoms with E-state index in [9.17, 15) is 9.90 Å². The van der Waals surface area contributed by atoms with Gasteiger partial charge >= 0.3 is 0 Å². The highest BCUT2D eigenvalue weighted by molar-refractivity contribution is 7.99. The van der Waals surface area contributed by atoms with Crippen molar-refractivity contribution < 1.29 is 9.90 Å². The van der Waals surface area contributed by atoms with E-state index in [0.29, 0.717) is 13.0 Å². The van der Waals surface area contributed by atoms with E-state index in [-0.39, 0.29) is 11.9 Å². The second-order valence-corrected chi connectivity index (χ2v) is 5.63. The number of carbonyl (C=O) groups excluding carboxylic acids is 1. The quantitative estimate of drug-likeness (QED) is 0.770. The number of nitrogens with zero attached hydrogens (tertiary/aromatic N) is 1. The van der Waals surface area contributed by atoms with Crippen molar-refractivity contribution in [1.82, 2.24) is 4.90 Å². The monoisotopic (exact) mass is 266 g/mol. The van der Waals surface area contributed by atoms with Crippen LogP contribution in [-0.4, -0.2) is 46.9 Å². The van der Waals surface area contributed by atoms with Crippen LogP contribution in [0.2, 0.25) is 0 Å². The number of aliphatic hydroxyl groups is 1. The van der Waals surface area contributed by atoms with Gasteiger partial charge in [-0.05, 0) is 18.6 Å². The number of amides is 1. The fourth-order valence-electron chi connectivity index (χ4n) is 2.22. The van der Waals surface area contributed by atoms with Crippen molar-refractivity contribution in [3.63, 3.8) is 0 Å². The molecule has 1 aromatic carbocycles. The van der Waals surface area contributed by atoms with E-state index in [4.69, 9.17) is 5.73 Å². The van der Waals surface area contributed by atoms with Crippen molar-refractivity contribution in [2.24, 2.45) is 5.73 Å². The van der Waals surface area contributed by atoms with Gasteiger partial charge in [0, 0.05) is 23.7 Å².